The molecule has 0 unspecified atom stereocenters. The van der Waals surface area contributed by atoms with Crippen LogP contribution in [0.2, 0.25) is 5.02 Å². The SMILES string of the molecule is CSc1ccc(C(C)=O)cc1Cl. The summed E-state index contributed by atoms with van der Waals surface area (Å²) in [5.74, 6) is 0.0459. The van der Waals surface area contributed by atoms with Gasteiger partial charge in [0, 0.05) is 10.5 Å². The summed E-state index contributed by atoms with van der Waals surface area (Å²) in [5.41, 5.74) is 0.665. The van der Waals surface area contributed by atoms with E-state index in [0.29, 0.717) is 10.6 Å². The molecule has 0 aliphatic carbocycles. The largest absolute Gasteiger partial charge is 0.295 e. The monoisotopic (exact) mass is 200 g/mol. The molecular formula is C9H9ClOS. The highest BCUT2D eigenvalue weighted by Gasteiger charge is 2.03. The van der Waals surface area contributed by atoms with Gasteiger partial charge in [0.15, 0.2) is 5.78 Å². The molecular weight excluding hydrogens is 192 g/mol. The summed E-state index contributed by atoms with van der Waals surface area (Å²) in [5, 5.41) is 0.648. The molecule has 0 saturated heterocycles. The second kappa shape index (κ2) is 3.97. The molecule has 0 saturated carbocycles. The molecule has 1 nitrogen and oxygen atoms in total. The average Bonchev–Trinajstić information content (AvgIpc) is 2.04. The van der Waals surface area contributed by atoms with Gasteiger partial charge in [0.05, 0.1) is 5.02 Å². The van der Waals surface area contributed by atoms with Crippen molar-refractivity contribution in [2.45, 2.75) is 11.8 Å². The van der Waals surface area contributed by atoms with E-state index >= 15 is 0 Å². The van der Waals surface area contributed by atoms with E-state index in [-0.39, 0.29) is 5.78 Å². The Morgan fingerprint density at radius 2 is 2.17 bits per heavy atom. The summed E-state index contributed by atoms with van der Waals surface area (Å²) >= 11 is 7.47. The third-order valence-corrected chi connectivity index (χ3v) is 2.78. The molecule has 12 heavy (non-hydrogen) atoms. The Hall–Kier alpha value is -0.470. The zero-order valence-corrected chi connectivity index (χ0v) is 8.50. The third-order valence-electron chi connectivity index (χ3n) is 1.56. The predicted molar refractivity (Wildman–Crippen MR) is 53.2 cm³/mol. The summed E-state index contributed by atoms with van der Waals surface area (Å²) in [4.78, 5) is 11.9. The molecule has 1 aromatic rings. The highest BCUT2D eigenvalue weighted by molar-refractivity contribution is 7.98. The molecule has 3 heteroatoms. The van der Waals surface area contributed by atoms with Crippen LogP contribution in [0.15, 0.2) is 23.1 Å². The van der Waals surface area contributed by atoms with Crippen LogP contribution in [0.3, 0.4) is 0 Å². The quantitative estimate of drug-likeness (QED) is 0.539. The number of carbonyl (C=O) groups is 1. The van der Waals surface area contributed by atoms with Crippen LogP contribution in [0.4, 0.5) is 0 Å². The number of hydrogen-bond acceptors (Lipinski definition) is 2. The van der Waals surface area contributed by atoms with Gasteiger partial charge in [0.25, 0.3) is 0 Å². The summed E-state index contributed by atoms with van der Waals surface area (Å²) in [6, 6.07) is 5.36. The molecule has 0 bridgehead atoms. The van der Waals surface area contributed by atoms with Crippen molar-refractivity contribution in [3.8, 4) is 0 Å². The van der Waals surface area contributed by atoms with Crippen molar-refractivity contribution in [1.29, 1.82) is 0 Å². The van der Waals surface area contributed by atoms with Gasteiger partial charge in [0.1, 0.15) is 0 Å². The zero-order valence-electron chi connectivity index (χ0n) is 6.93. The van der Waals surface area contributed by atoms with Crippen molar-refractivity contribution in [3.63, 3.8) is 0 Å². The Kier molecular flexibility index (Phi) is 3.18. The Morgan fingerprint density at radius 1 is 1.50 bits per heavy atom. The minimum Gasteiger partial charge on any atom is -0.295 e. The van der Waals surface area contributed by atoms with Gasteiger partial charge in [-0.3, -0.25) is 4.79 Å². The first-order valence-electron chi connectivity index (χ1n) is 3.49. The first-order chi connectivity index (χ1) is 5.65. The number of benzene rings is 1. The molecule has 0 aliphatic rings. The van der Waals surface area contributed by atoms with Crippen LogP contribution in [0.25, 0.3) is 0 Å². The highest BCUT2D eigenvalue weighted by atomic mass is 35.5. The number of halogens is 1. The van der Waals surface area contributed by atoms with E-state index in [9.17, 15) is 4.79 Å². The first-order valence-corrected chi connectivity index (χ1v) is 5.10. The van der Waals surface area contributed by atoms with Gasteiger partial charge >= 0.3 is 0 Å². The lowest BCUT2D eigenvalue weighted by atomic mass is 10.1. The Morgan fingerprint density at radius 3 is 2.58 bits per heavy atom. The molecule has 1 rings (SSSR count). The van der Waals surface area contributed by atoms with Crippen LogP contribution in [-0.2, 0) is 0 Å². The molecule has 64 valence electrons. The van der Waals surface area contributed by atoms with E-state index in [0.717, 1.165) is 4.90 Å². The molecule has 0 N–H and O–H groups in total. The van der Waals surface area contributed by atoms with Crippen LogP contribution in [-0.4, -0.2) is 12.0 Å². The number of carbonyl (C=O) groups excluding carboxylic acids is 1. The summed E-state index contributed by atoms with van der Waals surface area (Å²) in [6.45, 7) is 1.53. The van der Waals surface area contributed by atoms with Gasteiger partial charge in [-0.1, -0.05) is 17.7 Å². The fourth-order valence-electron chi connectivity index (χ4n) is 0.885. The smallest absolute Gasteiger partial charge is 0.159 e. The van der Waals surface area contributed by atoms with Gasteiger partial charge in [-0.2, -0.15) is 0 Å². The molecule has 0 aliphatic heterocycles. The van der Waals surface area contributed by atoms with E-state index in [2.05, 4.69) is 0 Å². The highest BCUT2D eigenvalue weighted by Crippen LogP contribution is 2.25. The number of ketones is 1. The lowest BCUT2D eigenvalue weighted by Gasteiger charge is -2.01. The maximum atomic E-state index is 10.9. The van der Waals surface area contributed by atoms with Crippen molar-refractivity contribution in [3.05, 3.63) is 28.8 Å². The number of Topliss-reactive ketones (excluding diaryl/α,β-unsaturated/α-hetero) is 1. The molecule has 1 aromatic carbocycles. The zero-order chi connectivity index (χ0) is 9.14. The van der Waals surface area contributed by atoms with Crippen LogP contribution < -0.4 is 0 Å². The van der Waals surface area contributed by atoms with Crippen LogP contribution in [0.1, 0.15) is 17.3 Å². The molecule has 0 heterocycles. The first kappa shape index (κ1) is 9.62. The molecule has 0 amide bonds. The van der Waals surface area contributed by atoms with Crippen molar-refractivity contribution in [1.82, 2.24) is 0 Å². The normalized spacial score (nSPS) is 9.92. The maximum Gasteiger partial charge on any atom is 0.159 e. The minimum atomic E-state index is 0.0459. The minimum absolute atomic E-state index is 0.0459. The standard InChI is InChI=1S/C9H9ClOS/c1-6(11)7-3-4-9(12-2)8(10)5-7/h3-5H,1-2H3. The predicted octanol–water partition coefficient (Wildman–Crippen LogP) is 3.26. The summed E-state index contributed by atoms with van der Waals surface area (Å²) in [7, 11) is 0. The third kappa shape index (κ3) is 2.02. The van der Waals surface area contributed by atoms with Crippen LogP contribution in [0.5, 0.6) is 0 Å². The topological polar surface area (TPSA) is 17.1 Å². The van der Waals surface area contributed by atoms with E-state index in [4.69, 9.17) is 11.6 Å². The van der Waals surface area contributed by atoms with E-state index in [1.54, 1.807) is 23.9 Å². The molecule has 0 aromatic heterocycles. The van der Waals surface area contributed by atoms with Crippen LogP contribution in [0, 0.1) is 0 Å². The molecule has 0 fully saturated rings. The Labute approximate surface area is 81.1 Å². The van der Waals surface area contributed by atoms with Crippen molar-refractivity contribution in [2.75, 3.05) is 6.26 Å². The lowest BCUT2D eigenvalue weighted by molar-refractivity contribution is 0.101. The summed E-state index contributed by atoms with van der Waals surface area (Å²) < 4.78 is 0. The summed E-state index contributed by atoms with van der Waals surface area (Å²) in [6.07, 6.45) is 1.95. The van der Waals surface area contributed by atoms with Crippen molar-refractivity contribution in [2.24, 2.45) is 0 Å². The van der Waals surface area contributed by atoms with Gasteiger partial charge in [-0.25, -0.2) is 0 Å². The number of hydrogen-bond donors (Lipinski definition) is 0. The average molecular weight is 201 g/mol. The van der Waals surface area contributed by atoms with Gasteiger partial charge in [0.2, 0.25) is 0 Å². The molecule has 0 spiro atoms. The van der Waals surface area contributed by atoms with Crippen molar-refractivity contribution >= 4 is 29.1 Å². The van der Waals surface area contributed by atoms with Gasteiger partial charge in [-0.05, 0) is 25.3 Å². The second-order valence-electron chi connectivity index (χ2n) is 2.41. The van der Waals surface area contributed by atoms with Crippen LogP contribution >= 0.6 is 23.4 Å². The lowest BCUT2D eigenvalue weighted by Crippen LogP contribution is -1.91. The number of thioether (sulfide) groups is 1. The number of rotatable bonds is 2. The fourth-order valence-corrected chi connectivity index (χ4v) is 1.76. The van der Waals surface area contributed by atoms with Gasteiger partial charge < -0.3 is 0 Å². The molecule has 0 radical (unpaired) electrons. The Bertz CT molecular complexity index is 309. The molecule has 0 atom stereocenters. The Balaban J connectivity index is 3.10. The van der Waals surface area contributed by atoms with E-state index < -0.39 is 0 Å². The fraction of sp³-hybridized carbons (Fsp3) is 0.222. The second-order valence-corrected chi connectivity index (χ2v) is 3.66. The van der Waals surface area contributed by atoms with E-state index in [1.807, 2.05) is 12.3 Å². The van der Waals surface area contributed by atoms with Gasteiger partial charge in [-0.15, -0.1) is 11.8 Å². The maximum absolute atomic E-state index is 10.9. The van der Waals surface area contributed by atoms with Crippen molar-refractivity contribution < 1.29 is 4.79 Å². The van der Waals surface area contributed by atoms with E-state index in [1.165, 1.54) is 6.92 Å².